The average molecular weight is 464 g/mol. The fourth-order valence-corrected chi connectivity index (χ4v) is 4.60. The molecule has 0 radical (unpaired) electrons. The van der Waals surface area contributed by atoms with Crippen LogP contribution in [-0.4, -0.2) is 66.3 Å². The van der Waals surface area contributed by atoms with E-state index in [0.717, 1.165) is 48.2 Å². The summed E-state index contributed by atoms with van der Waals surface area (Å²) in [4.78, 5) is 21.8. The van der Waals surface area contributed by atoms with Gasteiger partial charge in [0.25, 0.3) is 5.91 Å². The highest BCUT2D eigenvalue weighted by Crippen LogP contribution is 2.24. The third kappa shape index (κ3) is 4.24. The minimum atomic E-state index is -0.0603. The van der Waals surface area contributed by atoms with Crippen molar-refractivity contribution in [3.05, 3.63) is 70.8 Å². The summed E-state index contributed by atoms with van der Waals surface area (Å²) < 4.78 is 3.69. The molecule has 1 fully saturated rings. The zero-order chi connectivity index (χ0) is 22.9. The highest BCUT2D eigenvalue weighted by Gasteiger charge is 2.25. The Morgan fingerprint density at radius 1 is 1.12 bits per heavy atom. The van der Waals surface area contributed by atoms with Crippen LogP contribution in [-0.2, 0) is 13.1 Å². The number of rotatable bonds is 5. The molecule has 0 aliphatic carbocycles. The minimum Gasteiger partial charge on any atom is -0.335 e. The monoisotopic (exact) mass is 463 g/mol. The van der Waals surface area contributed by atoms with Gasteiger partial charge in [-0.3, -0.25) is 14.4 Å². The van der Waals surface area contributed by atoms with Crippen LogP contribution in [0.2, 0.25) is 5.02 Å². The Bertz CT molecular complexity index is 1300. The highest BCUT2D eigenvalue weighted by molar-refractivity contribution is 6.30. The molecule has 0 N–H and O–H groups in total. The smallest absolute Gasteiger partial charge is 0.274 e. The van der Waals surface area contributed by atoms with Crippen molar-refractivity contribution in [2.75, 3.05) is 26.2 Å². The van der Waals surface area contributed by atoms with Crippen molar-refractivity contribution in [1.82, 2.24) is 34.2 Å². The number of benzene rings is 1. The molecule has 1 aliphatic heterocycles. The number of aromatic nitrogens is 5. The Morgan fingerprint density at radius 2 is 1.94 bits per heavy atom. The van der Waals surface area contributed by atoms with Crippen LogP contribution in [0.3, 0.4) is 0 Å². The first-order valence-corrected chi connectivity index (χ1v) is 11.5. The quantitative estimate of drug-likeness (QED) is 0.452. The van der Waals surface area contributed by atoms with Crippen LogP contribution >= 0.6 is 11.6 Å². The van der Waals surface area contributed by atoms with E-state index in [-0.39, 0.29) is 5.91 Å². The van der Waals surface area contributed by atoms with Crippen LogP contribution in [0, 0.1) is 6.92 Å². The van der Waals surface area contributed by atoms with Crippen LogP contribution in [0.4, 0.5) is 0 Å². The van der Waals surface area contributed by atoms with E-state index in [1.165, 1.54) is 5.56 Å². The number of aryl methyl sites for hydroxylation is 1. The van der Waals surface area contributed by atoms with Gasteiger partial charge < -0.3 is 4.90 Å². The Balaban J connectivity index is 1.32. The number of amides is 1. The molecule has 0 unspecified atom stereocenters. The van der Waals surface area contributed by atoms with Gasteiger partial charge in [-0.25, -0.2) is 9.50 Å². The van der Waals surface area contributed by atoms with Crippen molar-refractivity contribution in [3.8, 4) is 11.3 Å². The van der Waals surface area contributed by atoms with Crippen LogP contribution < -0.4 is 0 Å². The van der Waals surface area contributed by atoms with Crippen molar-refractivity contribution < 1.29 is 4.79 Å². The van der Waals surface area contributed by atoms with Gasteiger partial charge in [0, 0.05) is 67.8 Å². The lowest BCUT2D eigenvalue weighted by molar-refractivity contribution is 0.0622. The molecular weight excluding hydrogens is 438 g/mol. The van der Waals surface area contributed by atoms with Crippen molar-refractivity contribution in [1.29, 1.82) is 0 Å². The van der Waals surface area contributed by atoms with Gasteiger partial charge in [-0.1, -0.05) is 23.7 Å². The molecule has 4 aromatic rings. The van der Waals surface area contributed by atoms with Gasteiger partial charge in [-0.05, 0) is 37.6 Å². The van der Waals surface area contributed by atoms with E-state index < -0.39 is 0 Å². The number of carbonyl (C=O) groups is 1. The highest BCUT2D eigenvalue weighted by atomic mass is 35.5. The van der Waals surface area contributed by atoms with E-state index in [9.17, 15) is 4.79 Å². The van der Waals surface area contributed by atoms with E-state index >= 15 is 0 Å². The summed E-state index contributed by atoms with van der Waals surface area (Å²) in [5, 5.41) is 9.83. The van der Waals surface area contributed by atoms with E-state index in [1.54, 1.807) is 16.8 Å². The molecule has 0 bridgehead atoms. The standard InChI is InChI=1S/C24H26ClN7O/c1-3-31-17(2)20(15-27-31)22-7-8-26-23-14-21(28-32(22)23)24(33)30-11-9-29(10-12-30)16-18-5-4-6-19(25)13-18/h4-8,13-15H,3,9-12,16H2,1-2H3. The molecule has 1 saturated heterocycles. The summed E-state index contributed by atoms with van der Waals surface area (Å²) in [5.74, 6) is -0.0603. The molecule has 1 aliphatic rings. The maximum absolute atomic E-state index is 13.2. The number of hydrogen-bond donors (Lipinski definition) is 0. The Morgan fingerprint density at radius 3 is 2.67 bits per heavy atom. The number of carbonyl (C=O) groups excluding carboxylic acids is 1. The Kier molecular flexibility index (Phi) is 5.86. The summed E-state index contributed by atoms with van der Waals surface area (Å²) in [6, 6.07) is 11.6. The van der Waals surface area contributed by atoms with E-state index in [4.69, 9.17) is 11.6 Å². The average Bonchev–Trinajstić information content (AvgIpc) is 3.42. The SMILES string of the molecule is CCn1ncc(-c2ccnc3cc(C(=O)N4CCN(Cc5cccc(Cl)c5)CC4)nn23)c1C. The molecular formula is C24H26ClN7O. The van der Waals surface area contributed by atoms with Gasteiger partial charge >= 0.3 is 0 Å². The summed E-state index contributed by atoms with van der Waals surface area (Å²) in [7, 11) is 0. The van der Waals surface area contributed by atoms with Gasteiger partial charge in [0.1, 0.15) is 0 Å². The Labute approximate surface area is 197 Å². The molecule has 33 heavy (non-hydrogen) atoms. The lowest BCUT2D eigenvalue weighted by atomic mass is 10.2. The molecule has 0 spiro atoms. The maximum Gasteiger partial charge on any atom is 0.274 e. The fraction of sp³-hybridized carbons (Fsp3) is 0.333. The fourth-order valence-electron chi connectivity index (χ4n) is 4.39. The molecule has 0 saturated carbocycles. The first-order chi connectivity index (χ1) is 16.0. The van der Waals surface area contributed by atoms with E-state index in [1.807, 2.05) is 47.0 Å². The van der Waals surface area contributed by atoms with Crippen molar-refractivity contribution in [2.45, 2.75) is 26.9 Å². The summed E-state index contributed by atoms with van der Waals surface area (Å²) >= 11 is 6.11. The normalized spacial score (nSPS) is 14.8. The zero-order valence-corrected chi connectivity index (χ0v) is 19.5. The zero-order valence-electron chi connectivity index (χ0n) is 18.8. The van der Waals surface area contributed by atoms with Crippen molar-refractivity contribution in [3.63, 3.8) is 0 Å². The maximum atomic E-state index is 13.2. The van der Waals surface area contributed by atoms with Crippen LogP contribution in [0.5, 0.6) is 0 Å². The second-order valence-electron chi connectivity index (χ2n) is 8.29. The third-order valence-corrected chi connectivity index (χ3v) is 6.45. The molecule has 8 nitrogen and oxygen atoms in total. The van der Waals surface area contributed by atoms with Gasteiger partial charge in [-0.2, -0.15) is 10.2 Å². The molecule has 9 heteroatoms. The lowest BCUT2D eigenvalue weighted by Crippen LogP contribution is -2.48. The van der Waals surface area contributed by atoms with Gasteiger partial charge in [-0.15, -0.1) is 0 Å². The Hall–Kier alpha value is -3.23. The van der Waals surface area contributed by atoms with E-state index in [2.05, 4.69) is 33.1 Å². The predicted molar refractivity (Wildman–Crippen MR) is 127 cm³/mol. The molecule has 1 aromatic carbocycles. The lowest BCUT2D eigenvalue weighted by Gasteiger charge is -2.34. The van der Waals surface area contributed by atoms with Gasteiger partial charge in [0.2, 0.25) is 0 Å². The molecule has 3 aromatic heterocycles. The molecule has 0 atom stereocenters. The summed E-state index contributed by atoms with van der Waals surface area (Å²) in [6.07, 6.45) is 3.59. The van der Waals surface area contributed by atoms with Gasteiger partial charge in [0.05, 0.1) is 11.9 Å². The topological polar surface area (TPSA) is 71.6 Å². The first-order valence-electron chi connectivity index (χ1n) is 11.2. The molecule has 5 rings (SSSR count). The second kappa shape index (κ2) is 8.96. The summed E-state index contributed by atoms with van der Waals surface area (Å²) in [5.41, 5.74) is 5.17. The van der Waals surface area contributed by atoms with Crippen LogP contribution in [0.15, 0.2) is 48.8 Å². The molecule has 1 amide bonds. The van der Waals surface area contributed by atoms with Crippen LogP contribution in [0.25, 0.3) is 16.9 Å². The first kappa shape index (κ1) is 21.6. The molecule has 170 valence electrons. The second-order valence-corrected chi connectivity index (χ2v) is 8.72. The van der Waals surface area contributed by atoms with Gasteiger partial charge in [0.15, 0.2) is 11.3 Å². The number of fused-ring (bicyclic) bond motifs is 1. The third-order valence-electron chi connectivity index (χ3n) is 6.21. The van der Waals surface area contributed by atoms with E-state index in [0.29, 0.717) is 24.4 Å². The van der Waals surface area contributed by atoms with Crippen molar-refractivity contribution >= 4 is 23.2 Å². The largest absolute Gasteiger partial charge is 0.335 e. The number of hydrogen-bond acceptors (Lipinski definition) is 5. The predicted octanol–water partition coefficient (Wildman–Crippen LogP) is 3.53. The minimum absolute atomic E-state index is 0.0603. The summed E-state index contributed by atoms with van der Waals surface area (Å²) in [6.45, 7) is 8.67. The number of halogens is 1. The van der Waals surface area contributed by atoms with Crippen LogP contribution in [0.1, 0.15) is 28.7 Å². The van der Waals surface area contributed by atoms with Crippen molar-refractivity contribution in [2.24, 2.45) is 0 Å². The molecule has 4 heterocycles. The number of nitrogens with zero attached hydrogens (tertiary/aromatic N) is 7. The number of piperazine rings is 1.